The summed E-state index contributed by atoms with van der Waals surface area (Å²) in [6.07, 6.45) is 11.7. The predicted octanol–water partition coefficient (Wildman–Crippen LogP) is 5.23. The van der Waals surface area contributed by atoms with E-state index in [1.165, 1.54) is 13.2 Å². The number of allylic oxidation sites excluding steroid dienone is 1. The number of aldehydes is 1. The van der Waals surface area contributed by atoms with Crippen LogP contribution >= 0.6 is 0 Å². The summed E-state index contributed by atoms with van der Waals surface area (Å²) in [5.74, 6) is 1.39. The van der Waals surface area contributed by atoms with Gasteiger partial charge in [-0.15, -0.1) is 0 Å². The van der Waals surface area contributed by atoms with E-state index in [0.717, 1.165) is 54.8 Å². The molecule has 0 aliphatic carbocycles. The van der Waals surface area contributed by atoms with Crippen LogP contribution in [0.15, 0.2) is 73.3 Å². The van der Waals surface area contributed by atoms with Crippen molar-refractivity contribution in [3.05, 3.63) is 85.0 Å². The molecule has 0 unspecified atom stereocenters. The van der Waals surface area contributed by atoms with Crippen LogP contribution in [0.1, 0.15) is 24.6 Å². The summed E-state index contributed by atoms with van der Waals surface area (Å²) < 4.78 is 27.3. The maximum atomic E-state index is 14.5. The van der Waals surface area contributed by atoms with Gasteiger partial charge in [0, 0.05) is 43.2 Å². The third-order valence-electron chi connectivity index (χ3n) is 6.17. The van der Waals surface area contributed by atoms with Crippen molar-refractivity contribution in [3.63, 3.8) is 0 Å². The molecule has 5 rings (SSSR count). The van der Waals surface area contributed by atoms with Crippen LogP contribution in [-0.2, 0) is 4.79 Å². The van der Waals surface area contributed by atoms with Crippen LogP contribution in [0.3, 0.4) is 0 Å². The lowest BCUT2D eigenvalue weighted by Crippen LogP contribution is -2.31. The number of methoxy groups -OCH3 is 1. The highest BCUT2D eigenvalue weighted by molar-refractivity contribution is 5.77. The number of rotatable bonds is 7. The monoisotopic (exact) mass is 472 g/mol. The van der Waals surface area contributed by atoms with E-state index in [1.807, 2.05) is 30.7 Å². The Morgan fingerprint density at radius 1 is 1.14 bits per heavy atom. The number of benzene rings is 2. The van der Waals surface area contributed by atoms with Gasteiger partial charge in [-0.05, 0) is 55.3 Å². The Labute approximate surface area is 202 Å². The van der Waals surface area contributed by atoms with Crippen LogP contribution in [0, 0.1) is 5.82 Å². The van der Waals surface area contributed by atoms with E-state index in [1.54, 1.807) is 36.5 Å². The molecule has 7 nitrogen and oxygen atoms in total. The summed E-state index contributed by atoms with van der Waals surface area (Å²) >= 11 is 0. The number of aromatic nitrogens is 3. The Morgan fingerprint density at radius 3 is 2.77 bits per heavy atom. The minimum Gasteiger partial charge on any atom is -0.494 e. The summed E-state index contributed by atoms with van der Waals surface area (Å²) in [5.41, 5.74) is 2.65. The van der Waals surface area contributed by atoms with E-state index in [-0.39, 0.29) is 17.4 Å². The maximum absolute atomic E-state index is 14.5. The summed E-state index contributed by atoms with van der Waals surface area (Å²) in [6.45, 7) is 1.72. The zero-order valence-corrected chi connectivity index (χ0v) is 19.3. The number of carbonyl (C=O) groups is 1. The van der Waals surface area contributed by atoms with Crippen LogP contribution < -0.4 is 9.47 Å². The molecule has 0 N–H and O–H groups in total. The second-order valence-corrected chi connectivity index (χ2v) is 8.36. The Balaban J connectivity index is 1.44. The average molecular weight is 473 g/mol. The van der Waals surface area contributed by atoms with Crippen LogP contribution in [0.5, 0.6) is 17.2 Å². The standard InChI is InChI=1S/C27H25FN4O3/c1-34-23-6-2-7-24(25(23)28)35-21-10-8-19(9-11-21)26-22-17-29-12-15-32(22)27(30-26)20-5-3-13-31(18-20)14-4-16-33/h2,4,6-12,14-17,20H,3,5,13,18H2,1H3/t20-/m1/s1. The first-order valence-corrected chi connectivity index (χ1v) is 11.5. The summed E-state index contributed by atoms with van der Waals surface area (Å²) in [7, 11) is 1.42. The van der Waals surface area contributed by atoms with Crippen LogP contribution in [0.2, 0.25) is 0 Å². The first-order valence-electron chi connectivity index (χ1n) is 11.5. The zero-order valence-electron chi connectivity index (χ0n) is 19.3. The lowest BCUT2D eigenvalue weighted by atomic mass is 9.97. The minimum atomic E-state index is -0.542. The highest BCUT2D eigenvalue weighted by Crippen LogP contribution is 2.34. The molecule has 0 spiro atoms. The van der Waals surface area contributed by atoms with Crippen LogP contribution in [0.25, 0.3) is 16.8 Å². The second-order valence-electron chi connectivity index (χ2n) is 8.36. The first kappa shape index (κ1) is 22.6. The SMILES string of the molecule is COc1cccc(Oc2ccc(-c3nc([C@@H]4CCCN(C=CC=O)C4)n4ccncc34)cc2)c1F. The van der Waals surface area contributed by atoms with Crippen LogP contribution in [0.4, 0.5) is 4.39 Å². The largest absolute Gasteiger partial charge is 0.494 e. The number of ether oxygens (including phenoxy) is 2. The first-order chi connectivity index (χ1) is 17.2. The molecule has 0 saturated carbocycles. The smallest absolute Gasteiger partial charge is 0.207 e. The van der Waals surface area contributed by atoms with E-state index in [4.69, 9.17) is 14.5 Å². The Bertz CT molecular complexity index is 1370. The van der Waals surface area contributed by atoms with Gasteiger partial charge in [-0.1, -0.05) is 6.07 Å². The average Bonchev–Trinajstić information content (AvgIpc) is 3.29. The van der Waals surface area contributed by atoms with Crippen LogP contribution in [-0.4, -0.2) is 45.8 Å². The number of hydrogen-bond donors (Lipinski definition) is 0. The number of imidazole rings is 1. The van der Waals surface area contributed by atoms with Crippen molar-refractivity contribution in [2.24, 2.45) is 0 Å². The quantitative estimate of drug-likeness (QED) is 0.271. The fourth-order valence-electron chi connectivity index (χ4n) is 4.51. The molecule has 1 aliphatic heterocycles. The molecular weight excluding hydrogens is 447 g/mol. The number of nitrogens with zero attached hydrogens (tertiary/aromatic N) is 4. The summed E-state index contributed by atoms with van der Waals surface area (Å²) in [4.78, 5) is 22.2. The highest BCUT2D eigenvalue weighted by atomic mass is 19.1. The molecule has 35 heavy (non-hydrogen) atoms. The normalized spacial score (nSPS) is 16.1. The molecular formula is C27H25FN4O3. The number of carbonyl (C=O) groups excluding carboxylic acids is 1. The third kappa shape index (κ3) is 4.59. The number of hydrogen-bond acceptors (Lipinski definition) is 6. The van der Waals surface area contributed by atoms with E-state index in [9.17, 15) is 9.18 Å². The molecule has 0 bridgehead atoms. The number of fused-ring (bicyclic) bond motifs is 1. The van der Waals surface area contributed by atoms with Crippen molar-refractivity contribution in [3.8, 4) is 28.5 Å². The van der Waals surface area contributed by atoms with Gasteiger partial charge in [0.05, 0.1) is 24.5 Å². The Hall–Kier alpha value is -4.20. The molecule has 4 aromatic rings. The molecule has 3 heterocycles. The third-order valence-corrected chi connectivity index (χ3v) is 6.17. The van der Waals surface area contributed by atoms with Crippen molar-refractivity contribution < 1.29 is 18.7 Å². The highest BCUT2D eigenvalue weighted by Gasteiger charge is 2.25. The predicted molar refractivity (Wildman–Crippen MR) is 130 cm³/mol. The van der Waals surface area contributed by atoms with Crippen molar-refractivity contribution in [2.75, 3.05) is 20.2 Å². The lowest BCUT2D eigenvalue weighted by molar-refractivity contribution is -0.104. The topological polar surface area (TPSA) is 69.0 Å². The maximum Gasteiger partial charge on any atom is 0.207 e. The number of likely N-dealkylation sites (tertiary alicyclic amines) is 1. The van der Waals surface area contributed by atoms with Gasteiger partial charge in [0.25, 0.3) is 0 Å². The fraction of sp³-hybridized carbons (Fsp3) is 0.222. The Morgan fingerprint density at radius 2 is 1.97 bits per heavy atom. The van der Waals surface area contributed by atoms with Crippen molar-refractivity contribution in [1.29, 1.82) is 0 Å². The molecule has 1 saturated heterocycles. The fourth-order valence-corrected chi connectivity index (χ4v) is 4.51. The van der Waals surface area contributed by atoms with Gasteiger partial charge in [0.15, 0.2) is 11.5 Å². The molecule has 1 atom stereocenters. The molecule has 178 valence electrons. The van der Waals surface area contributed by atoms with Gasteiger partial charge in [-0.25, -0.2) is 4.98 Å². The molecule has 0 radical (unpaired) electrons. The van der Waals surface area contributed by atoms with Gasteiger partial charge in [0.1, 0.15) is 17.9 Å². The van der Waals surface area contributed by atoms with Gasteiger partial charge in [0.2, 0.25) is 5.82 Å². The van der Waals surface area contributed by atoms with Gasteiger partial charge in [-0.2, -0.15) is 4.39 Å². The molecule has 2 aromatic carbocycles. The molecule has 8 heteroatoms. The second kappa shape index (κ2) is 9.97. The van der Waals surface area contributed by atoms with Gasteiger partial charge in [-0.3, -0.25) is 14.2 Å². The van der Waals surface area contributed by atoms with E-state index >= 15 is 0 Å². The van der Waals surface area contributed by atoms with Crippen molar-refractivity contribution >= 4 is 11.8 Å². The number of piperidine rings is 1. The van der Waals surface area contributed by atoms with Crippen molar-refractivity contribution in [1.82, 2.24) is 19.3 Å². The molecule has 0 amide bonds. The Kier molecular flexibility index (Phi) is 6.43. The molecule has 1 aliphatic rings. The minimum absolute atomic E-state index is 0.0986. The zero-order chi connectivity index (χ0) is 24.2. The molecule has 1 fully saturated rings. The van der Waals surface area contributed by atoms with Gasteiger partial charge >= 0.3 is 0 Å². The number of halogens is 1. The van der Waals surface area contributed by atoms with Crippen molar-refractivity contribution in [2.45, 2.75) is 18.8 Å². The van der Waals surface area contributed by atoms with E-state index < -0.39 is 5.82 Å². The summed E-state index contributed by atoms with van der Waals surface area (Å²) in [5, 5.41) is 0. The van der Waals surface area contributed by atoms with E-state index in [0.29, 0.717) is 5.75 Å². The van der Waals surface area contributed by atoms with Gasteiger partial charge < -0.3 is 14.4 Å². The summed E-state index contributed by atoms with van der Waals surface area (Å²) in [6, 6.07) is 12.2. The molecule has 2 aromatic heterocycles. The van der Waals surface area contributed by atoms with E-state index in [2.05, 4.69) is 14.3 Å². The lowest BCUT2D eigenvalue weighted by Gasteiger charge is -2.31.